The highest BCUT2D eigenvalue weighted by Crippen LogP contribution is 2.45. The molecule has 0 aromatic rings. The summed E-state index contributed by atoms with van der Waals surface area (Å²) < 4.78 is 23.2. The highest BCUT2D eigenvalue weighted by Gasteiger charge is 2.43. The first-order chi connectivity index (χ1) is 7.58. The molecule has 1 heterocycles. The van der Waals surface area contributed by atoms with Gasteiger partial charge < -0.3 is 5.73 Å². The van der Waals surface area contributed by atoms with E-state index in [4.69, 9.17) is 5.73 Å². The monoisotopic (exact) mass is 245 g/mol. The molecule has 16 heavy (non-hydrogen) atoms. The Morgan fingerprint density at radius 1 is 1.12 bits per heavy atom. The molecule has 1 saturated carbocycles. The van der Waals surface area contributed by atoms with Gasteiger partial charge in [-0.1, -0.05) is 25.7 Å². The normalized spacial score (nSPS) is 33.4. The molecule has 2 rings (SSSR count). The van der Waals surface area contributed by atoms with Crippen LogP contribution in [0.3, 0.4) is 0 Å². The van der Waals surface area contributed by atoms with Crippen LogP contribution >= 0.6 is 0 Å². The molecule has 1 saturated heterocycles. The molecule has 0 radical (unpaired) electrons. The average Bonchev–Trinajstić information content (AvgIpc) is 2.52. The smallest absolute Gasteiger partial charge is 0.150 e. The summed E-state index contributed by atoms with van der Waals surface area (Å²) in [5, 5.41) is 0. The third kappa shape index (κ3) is 2.43. The van der Waals surface area contributed by atoms with Crippen LogP contribution < -0.4 is 5.73 Å². The number of hydrogen-bond acceptors (Lipinski definition) is 3. The van der Waals surface area contributed by atoms with Gasteiger partial charge in [-0.15, -0.1) is 0 Å². The first-order valence-corrected chi connectivity index (χ1v) is 8.31. The minimum Gasteiger partial charge on any atom is -0.330 e. The van der Waals surface area contributed by atoms with Crippen LogP contribution in [-0.2, 0) is 9.84 Å². The van der Waals surface area contributed by atoms with E-state index in [-0.39, 0.29) is 5.41 Å². The van der Waals surface area contributed by atoms with Crippen molar-refractivity contribution < 1.29 is 8.42 Å². The lowest BCUT2D eigenvalue weighted by atomic mass is 9.70. The van der Waals surface area contributed by atoms with E-state index in [1.54, 1.807) is 0 Å². The van der Waals surface area contributed by atoms with Gasteiger partial charge in [-0.05, 0) is 37.1 Å². The van der Waals surface area contributed by atoms with E-state index >= 15 is 0 Å². The summed E-state index contributed by atoms with van der Waals surface area (Å²) in [4.78, 5) is 0. The zero-order chi connectivity index (χ0) is 11.6. The second-order valence-corrected chi connectivity index (χ2v) is 7.81. The maximum atomic E-state index is 11.6. The fourth-order valence-corrected chi connectivity index (χ4v) is 5.43. The molecule has 0 spiro atoms. The van der Waals surface area contributed by atoms with Crippen molar-refractivity contribution in [3.63, 3.8) is 0 Å². The number of rotatable bonds is 2. The summed E-state index contributed by atoms with van der Waals surface area (Å²) in [6, 6.07) is 0. The Bertz CT molecular complexity index is 329. The van der Waals surface area contributed by atoms with Crippen molar-refractivity contribution in [1.82, 2.24) is 0 Å². The van der Waals surface area contributed by atoms with Crippen LogP contribution in [0.1, 0.15) is 44.9 Å². The fraction of sp³-hybridized carbons (Fsp3) is 1.00. The van der Waals surface area contributed by atoms with Gasteiger partial charge in [-0.3, -0.25) is 0 Å². The second kappa shape index (κ2) is 4.65. The minimum absolute atomic E-state index is 0.139. The standard InChI is InChI=1S/C12H23NO2S/c13-10-12(6-3-1-2-4-7-12)11-5-8-16(14,15)9-11/h11H,1-10,13H2. The van der Waals surface area contributed by atoms with E-state index in [9.17, 15) is 8.42 Å². The van der Waals surface area contributed by atoms with E-state index in [1.807, 2.05) is 0 Å². The van der Waals surface area contributed by atoms with Crippen LogP contribution in [0.5, 0.6) is 0 Å². The van der Waals surface area contributed by atoms with Crippen LogP contribution in [-0.4, -0.2) is 26.5 Å². The van der Waals surface area contributed by atoms with Crippen molar-refractivity contribution in [2.45, 2.75) is 44.9 Å². The maximum Gasteiger partial charge on any atom is 0.150 e. The summed E-state index contributed by atoms with van der Waals surface area (Å²) in [6.45, 7) is 0.674. The minimum atomic E-state index is -2.76. The molecular formula is C12H23NO2S. The summed E-state index contributed by atoms with van der Waals surface area (Å²) in [5.41, 5.74) is 6.12. The van der Waals surface area contributed by atoms with Crippen LogP contribution in [0.25, 0.3) is 0 Å². The first-order valence-electron chi connectivity index (χ1n) is 6.48. The molecule has 1 aliphatic heterocycles. The lowest BCUT2D eigenvalue weighted by molar-refractivity contribution is 0.158. The van der Waals surface area contributed by atoms with Crippen LogP contribution in [0.15, 0.2) is 0 Å². The molecule has 2 fully saturated rings. The topological polar surface area (TPSA) is 60.2 Å². The Labute approximate surface area is 98.7 Å². The van der Waals surface area contributed by atoms with Gasteiger partial charge in [0.2, 0.25) is 0 Å². The van der Waals surface area contributed by atoms with Gasteiger partial charge in [0.1, 0.15) is 0 Å². The maximum absolute atomic E-state index is 11.6. The van der Waals surface area contributed by atoms with Crippen LogP contribution in [0.2, 0.25) is 0 Å². The Balaban J connectivity index is 2.14. The molecule has 2 aliphatic rings. The highest BCUT2D eigenvalue weighted by atomic mass is 32.2. The zero-order valence-electron chi connectivity index (χ0n) is 9.95. The van der Waals surface area contributed by atoms with E-state index in [0.29, 0.717) is 24.0 Å². The molecule has 2 N–H and O–H groups in total. The molecule has 3 nitrogen and oxygen atoms in total. The predicted octanol–water partition coefficient (Wildman–Crippen LogP) is 1.72. The second-order valence-electron chi connectivity index (χ2n) is 5.58. The molecule has 1 atom stereocenters. The third-order valence-electron chi connectivity index (χ3n) is 4.60. The molecular weight excluding hydrogens is 222 g/mol. The van der Waals surface area contributed by atoms with E-state index in [2.05, 4.69) is 0 Å². The van der Waals surface area contributed by atoms with Crippen molar-refractivity contribution in [3.05, 3.63) is 0 Å². The SMILES string of the molecule is NCC1(C2CCS(=O)(=O)C2)CCCCCC1. The lowest BCUT2D eigenvalue weighted by Gasteiger charge is -2.37. The van der Waals surface area contributed by atoms with Gasteiger partial charge >= 0.3 is 0 Å². The largest absolute Gasteiger partial charge is 0.330 e. The molecule has 1 unspecified atom stereocenters. The lowest BCUT2D eigenvalue weighted by Crippen LogP contribution is -2.38. The number of sulfone groups is 1. The summed E-state index contributed by atoms with van der Waals surface area (Å²) >= 11 is 0. The number of hydrogen-bond donors (Lipinski definition) is 1. The fourth-order valence-electron chi connectivity index (χ4n) is 3.49. The molecule has 0 amide bonds. The quantitative estimate of drug-likeness (QED) is 0.754. The van der Waals surface area contributed by atoms with Gasteiger partial charge in [-0.2, -0.15) is 0 Å². The van der Waals surface area contributed by atoms with Gasteiger partial charge in [-0.25, -0.2) is 8.42 Å². The molecule has 1 aliphatic carbocycles. The Hall–Kier alpha value is -0.0900. The average molecular weight is 245 g/mol. The van der Waals surface area contributed by atoms with Crippen LogP contribution in [0.4, 0.5) is 0 Å². The van der Waals surface area contributed by atoms with E-state index in [0.717, 1.165) is 19.3 Å². The van der Waals surface area contributed by atoms with Gasteiger partial charge in [0.25, 0.3) is 0 Å². The number of nitrogens with two attached hydrogens (primary N) is 1. The van der Waals surface area contributed by atoms with Crippen molar-refractivity contribution in [3.8, 4) is 0 Å². The van der Waals surface area contributed by atoms with Gasteiger partial charge in [0, 0.05) is 0 Å². The van der Waals surface area contributed by atoms with E-state index in [1.165, 1.54) is 25.7 Å². The van der Waals surface area contributed by atoms with Gasteiger partial charge in [0.15, 0.2) is 9.84 Å². The Morgan fingerprint density at radius 3 is 2.19 bits per heavy atom. The highest BCUT2D eigenvalue weighted by molar-refractivity contribution is 7.91. The van der Waals surface area contributed by atoms with Crippen molar-refractivity contribution >= 4 is 9.84 Å². The Kier molecular flexibility index (Phi) is 3.59. The molecule has 94 valence electrons. The summed E-state index contributed by atoms with van der Waals surface area (Å²) in [7, 11) is -2.76. The summed E-state index contributed by atoms with van der Waals surface area (Å²) in [5.74, 6) is 1.12. The molecule has 4 heteroatoms. The first kappa shape index (κ1) is 12.4. The van der Waals surface area contributed by atoms with E-state index < -0.39 is 9.84 Å². The third-order valence-corrected chi connectivity index (χ3v) is 6.37. The zero-order valence-corrected chi connectivity index (χ0v) is 10.8. The summed E-state index contributed by atoms with van der Waals surface area (Å²) in [6.07, 6.45) is 8.18. The van der Waals surface area contributed by atoms with Crippen molar-refractivity contribution in [2.75, 3.05) is 18.1 Å². The van der Waals surface area contributed by atoms with Crippen molar-refractivity contribution in [1.29, 1.82) is 0 Å². The van der Waals surface area contributed by atoms with Crippen molar-refractivity contribution in [2.24, 2.45) is 17.1 Å². The molecule has 0 aromatic heterocycles. The molecule has 0 aromatic carbocycles. The van der Waals surface area contributed by atoms with Gasteiger partial charge in [0.05, 0.1) is 11.5 Å². The van der Waals surface area contributed by atoms with Crippen LogP contribution in [0, 0.1) is 11.3 Å². The Morgan fingerprint density at radius 2 is 1.75 bits per heavy atom. The predicted molar refractivity (Wildman–Crippen MR) is 66.0 cm³/mol. The molecule has 0 bridgehead atoms.